The van der Waals surface area contributed by atoms with Crippen molar-refractivity contribution in [3.05, 3.63) is 24.3 Å². The molecular formula is C40H77NO3. The van der Waals surface area contributed by atoms with Crippen LogP contribution in [0.1, 0.15) is 206 Å². The van der Waals surface area contributed by atoms with Gasteiger partial charge in [-0.25, -0.2) is 0 Å². The molecule has 260 valence electrons. The predicted molar refractivity (Wildman–Crippen MR) is 193 cm³/mol. The van der Waals surface area contributed by atoms with E-state index in [4.69, 9.17) is 0 Å². The van der Waals surface area contributed by atoms with Gasteiger partial charge < -0.3 is 15.5 Å². The molecule has 2 atom stereocenters. The number of hydrogen-bond acceptors (Lipinski definition) is 3. The van der Waals surface area contributed by atoms with Crippen LogP contribution in [0.4, 0.5) is 0 Å². The third kappa shape index (κ3) is 32.3. The zero-order valence-corrected chi connectivity index (χ0v) is 29.7. The van der Waals surface area contributed by atoms with Crippen LogP contribution in [0.3, 0.4) is 0 Å². The molecular weight excluding hydrogens is 542 g/mol. The van der Waals surface area contributed by atoms with Crippen LogP contribution in [0.2, 0.25) is 0 Å². The summed E-state index contributed by atoms with van der Waals surface area (Å²) in [5.74, 6) is -0.0869. The Morgan fingerprint density at radius 2 is 0.886 bits per heavy atom. The van der Waals surface area contributed by atoms with Crippen LogP contribution in [-0.4, -0.2) is 34.9 Å². The highest BCUT2D eigenvalue weighted by Gasteiger charge is 2.17. The summed E-state index contributed by atoms with van der Waals surface area (Å²) in [6, 6.07) is -0.631. The van der Waals surface area contributed by atoms with Crippen molar-refractivity contribution in [1.29, 1.82) is 0 Å². The highest BCUT2D eigenvalue weighted by molar-refractivity contribution is 5.76. The fourth-order valence-electron chi connectivity index (χ4n) is 5.90. The predicted octanol–water partition coefficient (Wildman–Crippen LogP) is 11.7. The van der Waals surface area contributed by atoms with Crippen LogP contribution >= 0.6 is 0 Å². The van der Waals surface area contributed by atoms with E-state index in [9.17, 15) is 15.0 Å². The third-order valence-electron chi connectivity index (χ3n) is 8.94. The second-order valence-electron chi connectivity index (χ2n) is 13.3. The van der Waals surface area contributed by atoms with Crippen molar-refractivity contribution in [3.63, 3.8) is 0 Å². The summed E-state index contributed by atoms with van der Waals surface area (Å²) in [6.45, 7) is 4.21. The lowest BCUT2D eigenvalue weighted by Gasteiger charge is -2.19. The Labute approximate surface area is 275 Å². The fraction of sp³-hybridized carbons (Fsp3) is 0.875. The molecule has 0 radical (unpaired) electrons. The quantitative estimate of drug-likeness (QED) is 0.0488. The Hall–Kier alpha value is -1.13. The highest BCUT2D eigenvalue weighted by atomic mass is 16.3. The normalized spacial score (nSPS) is 13.3. The number of amides is 1. The maximum atomic E-state index is 12.1. The maximum absolute atomic E-state index is 12.1. The molecule has 2 unspecified atom stereocenters. The van der Waals surface area contributed by atoms with Gasteiger partial charge in [0, 0.05) is 6.42 Å². The minimum atomic E-state index is -0.854. The van der Waals surface area contributed by atoms with Crippen molar-refractivity contribution in [3.8, 4) is 0 Å². The Kier molecular flexibility index (Phi) is 35.4. The lowest BCUT2D eigenvalue weighted by molar-refractivity contribution is -0.123. The van der Waals surface area contributed by atoms with Gasteiger partial charge in [-0.05, 0) is 32.1 Å². The van der Waals surface area contributed by atoms with Gasteiger partial charge in [0.1, 0.15) is 0 Å². The molecule has 0 heterocycles. The van der Waals surface area contributed by atoms with Crippen LogP contribution in [0, 0.1) is 0 Å². The summed E-state index contributed by atoms with van der Waals surface area (Å²) in [5, 5.41) is 22.7. The van der Waals surface area contributed by atoms with Gasteiger partial charge in [0.2, 0.25) is 5.91 Å². The Morgan fingerprint density at radius 3 is 1.32 bits per heavy atom. The molecule has 4 nitrogen and oxygen atoms in total. The molecule has 0 bridgehead atoms. The minimum absolute atomic E-state index is 0.0869. The number of nitrogens with one attached hydrogen (secondary N) is 1. The summed E-state index contributed by atoms with van der Waals surface area (Å²) in [6.07, 6.45) is 46.1. The van der Waals surface area contributed by atoms with Crippen LogP contribution in [0.15, 0.2) is 24.3 Å². The van der Waals surface area contributed by atoms with Gasteiger partial charge in [-0.3, -0.25) is 4.79 Å². The number of rotatable bonds is 35. The first-order valence-electron chi connectivity index (χ1n) is 19.6. The van der Waals surface area contributed by atoms with Gasteiger partial charge in [-0.1, -0.05) is 192 Å². The number of carbonyl (C=O) groups excluding carboxylic acids is 1. The molecule has 4 heteroatoms. The number of carbonyl (C=O) groups is 1. The van der Waals surface area contributed by atoms with Crippen LogP contribution in [0.25, 0.3) is 0 Å². The monoisotopic (exact) mass is 620 g/mol. The molecule has 0 saturated carbocycles. The number of hydrogen-bond donors (Lipinski definition) is 3. The molecule has 0 aliphatic heterocycles. The van der Waals surface area contributed by atoms with E-state index in [1.165, 1.54) is 148 Å². The Morgan fingerprint density at radius 1 is 0.523 bits per heavy atom. The standard InChI is InChI=1S/C40H77NO3/c1-3-5-7-9-10-11-12-13-14-15-16-17-18-19-20-21-22-23-24-25-26-27-28-29-30-32-33-35-39(43)38(37-42)41-40(44)36-34-31-8-6-4-2/h28-29,33,35,38-39,42-43H,3-27,30-32,34,36-37H2,1-2H3,(H,41,44)/b29-28+,35-33+. The van der Waals surface area contributed by atoms with Crippen LogP contribution < -0.4 is 5.32 Å². The van der Waals surface area contributed by atoms with Crippen molar-refractivity contribution in [1.82, 2.24) is 5.32 Å². The molecule has 0 aliphatic rings. The second kappa shape index (κ2) is 36.3. The number of unbranched alkanes of at least 4 members (excludes halogenated alkanes) is 26. The Bertz CT molecular complexity index is 632. The molecule has 0 saturated heterocycles. The number of aliphatic hydroxyl groups is 2. The van der Waals surface area contributed by atoms with E-state index in [0.29, 0.717) is 6.42 Å². The van der Waals surface area contributed by atoms with Crippen molar-refractivity contribution in [2.24, 2.45) is 0 Å². The van der Waals surface area contributed by atoms with E-state index >= 15 is 0 Å². The molecule has 0 aromatic heterocycles. The maximum Gasteiger partial charge on any atom is 0.220 e. The molecule has 0 spiro atoms. The molecule has 0 fully saturated rings. The zero-order chi connectivity index (χ0) is 32.2. The molecule has 0 aromatic carbocycles. The number of aliphatic hydroxyl groups excluding tert-OH is 2. The molecule has 1 amide bonds. The summed E-state index contributed by atoms with van der Waals surface area (Å²) in [7, 11) is 0. The largest absolute Gasteiger partial charge is 0.394 e. The topological polar surface area (TPSA) is 69.6 Å². The van der Waals surface area contributed by atoms with E-state index in [1.54, 1.807) is 6.08 Å². The van der Waals surface area contributed by atoms with Gasteiger partial charge in [0.15, 0.2) is 0 Å². The van der Waals surface area contributed by atoms with E-state index in [0.717, 1.165) is 38.5 Å². The van der Waals surface area contributed by atoms with Gasteiger partial charge >= 0.3 is 0 Å². The summed E-state index contributed by atoms with van der Waals surface area (Å²) in [5.41, 5.74) is 0. The molecule has 0 aliphatic carbocycles. The van der Waals surface area contributed by atoms with Crippen molar-refractivity contribution >= 4 is 5.91 Å². The summed E-state index contributed by atoms with van der Waals surface area (Å²) < 4.78 is 0. The van der Waals surface area contributed by atoms with Crippen molar-refractivity contribution in [2.45, 2.75) is 219 Å². The average molecular weight is 620 g/mol. The van der Waals surface area contributed by atoms with Gasteiger partial charge in [0.25, 0.3) is 0 Å². The number of allylic oxidation sites excluding steroid dienone is 3. The SMILES string of the molecule is CCCCCCCCCCCCCCCCCCCCCCC/C=C/CC/C=C/C(O)C(CO)NC(=O)CCCCCCC. The molecule has 0 aromatic rings. The first-order chi connectivity index (χ1) is 21.7. The average Bonchev–Trinajstić information content (AvgIpc) is 3.03. The summed E-state index contributed by atoms with van der Waals surface area (Å²) >= 11 is 0. The van der Waals surface area contributed by atoms with E-state index in [1.807, 2.05) is 6.08 Å². The van der Waals surface area contributed by atoms with Crippen molar-refractivity contribution in [2.75, 3.05) is 6.61 Å². The van der Waals surface area contributed by atoms with Gasteiger partial charge in [-0.2, -0.15) is 0 Å². The van der Waals surface area contributed by atoms with Crippen LogP contribution in [0.5, 0.6) is 0 Å². The Balaban J connectivity index is 3.46. The van der Waals surface area contributed by atoms with E-state index in [2.05, 4.69) is 31.3 Å². The van der Waals surface area contributed by atoms with E-state index in [-0.39, 0.29) is 12.5 Å². The van der Waals surface area contributed by atoms with Crippen molar-refractivity contribution < 1.29 is 15.0 Å². The fourth-order valence-corrected chi connectivity index (χ4v) is 5.90. The third-order valence-corrected chi connectivity index (χ3v) is 8.94. The van der Waals surface area contributed by atoms with E-state index < -0.39 is 12.1 Å². The molecule has 0 rings (SSSR count). The highest BCUT2D eigenvalue weighted by Crippen LogP contribution is 2.15. The molecule has 44 heavy (non-hydrogen) atoms. The smallest absolute Gasteiger partial charge is 0.220 e. The minimum Gasteiger partial charge on any atom is -0.394 e. The zero-order valence-electron chi connectivity index (χ0n) is 29.7. The second-order valence-corrected chi connectivity index (χ2v) is 13.3. The summed E-state index contributed by atoms with van der Waals surface area (Å²) in [4.78, 5) is 12.1. The van der Waals surface area contributed by atoms with Gasteiger partial charge in [-0.15, -0.1) is 0 Å². The van der Waals surface area contributed by atoms with Gasteiger partial charge in [0.05, 0.1) is 18.8 Å². The first kappa shape index (κ1) is 42.9. The first-order valence-corrected chi connectivity index (χ1v) is 19.6. The van der Waals surface area contributed by atoms with Crippen LogP contribution in [-0.2, 0) is 4.79 Å². The lowest BCUT2D eigenvalue weighted by atomic mass is 10.0. The lowest BCUT2D eigenvalue weighted by Crippen LogP contribution is -2.45. The molecule has 3 N–H and O–H groups in total.